The first-order chi connectivity index (χ1) is 14.0. The average molecular weight is 397 g/mol. The smallest absolute Gasteiger partial charge is 0.248 e. The Hall–Kier alpha value is -3.30. The number of aliphatic hydroxyl groups excluding tert-OH is 1. The minimum Gasteiger partial charge on any atom is -0.488 e. The van der Waals surface area contributed by atoms with Crippen molar-refractivity contribution < 1.29 is 19.0 Å². The molecule has 4 rings (SSSR count). The van der Waals surface area contributed by atoms with Gasteiger partial charge >= 0.3 is 0 Å². The van der Waals surface area contributed by atoms with E-state index in [0.29, 0.717) is 18.1 Å². The van der Waals surface area contributed by atoms with E-state index in [9.17, 15) is 14.3 Å². The first-order valence-electron chi connectivity index (χ1n) is 9.09. The van der Waals surface area contributed by atoms with Gasteiger partial charge in [-0.2, -0.15) is 5.10 Å². The van der Waals surface area contributed by atoms with Crippen molar-refractivity contribution in [3.63, 3.8) is 0 Å². The molecule has 1 amide bonds. The standard InChI is InChI=1S/C20H20FN5O3/c1-25-18-16(8-5-9-22-18)29-12-15(20(25)28)23-19(27)17-14(21)11-26(24-17)10-13-6-3-2-4-7-13/h2-9,11,15,19,23,27H,10,12H2,1H3/t15-,19?/m0/s1. The predicted octanol–water partition coefficient (Wildman–Crippen LogP) is 1.47. The average Bonchev–Trinajstić information content (AvgIpc) is 3.05. The Morgan fingerprint density at radius 1 is 1.31 bits per heavy atom. The third-order valence-corrected chi connectivity index (χ3v) is 4.65. The number of hydrogen-bond acceptors (Lipinski definition) is 6. The van der Waals surface area contributed by atoms with Crippen molar-refractivity contribution in [2.75, 3.05) is 18.6 Å². The second-order valence-corrected chi connectivity index (χ2v) is 6.70. The third-order valence-electron chi connectivity index (χ3n) is 4.65. The number of benzene rings is 1. The lowest BCUT2D eigenvalue weighted by molar-refractivity contribution is -0.121. The van der Waals surface area contributed by atoms with E-state index in [4.69, 9.17) is 4.74 Å². The lowest BCUT2D eigenvalue weighted by Gasteiger charge is -2.21. The number of hydrogen-bond donors (Lipinski definition) is 2. The van der Waals surface area contributed by atoms with Crippen LogP contribution in [0.25, 0.3) is 0 Å². The number of rotatable bonds is 5. The van der Waals surface area contributed by atoms with E-state index in [-0.39, 0.29) is 18.2 Å². The van der Waals surface area contributed by atoms with Crippen LogP contribution in [-0.2, 0) is 11.3 Å². The molecule has 3 heterocycles. The summed E-state index contributed by atoms with van der Waals surface area (Å²) in [6, 6.07) is 12.0. The Morgan fingerprint density at radius 2 is 2.10 bits per heavy atom. The number of likely N-dealkylation sites (N-methyl/N-ethyl adjacent to an activating group) is 1. The van der Waals surface area contributed by atoms with E-state index < -0.39 is 18.1 Å². The molecule has 2 aromatic heterocycles. The van der Waals surface area contributed by atoms with E-state index in [1.54, 1.807) is 25.4 Å². The summed E-state index contributed by atoms with van der Waals surface area (Å²) in [4.78, 5) is 18.2. The molecular formula is C20H20FN5O3. The van der Waals surface area contributed by atoms with Crippen molar-refractivity contribution in [1.82, 2.24) is 20.1 Å². The van der Waals surface area contributed by atoms with Crippen LogP contribution in [0.3, 0.4) is 0 Å². The highest BCUT2D eigenvalue weighted by atomic mass is 19.1. The molecule has 8 nitrogen and oxygen atoms in total. The normalized spacial score (nSPS) is 17.4. The Labute approximate surface area is 166 Å². The molecule has 3 aromatic rings. The number of pyridine rings is 1. The van der Waals surface area contributed by atoms with E-state index in [2.05, 4.69) is 15.4 Å². The summed E-state index contributed by atoms with van der Waals surface area (Å²) in [5.74, 6) is -0.179. The molecule has 9 heteroatoms. The van der Waals surface area contributed by atoms with Gasteiger partial charge in [-0.1, -0.05) is 30.3 Å². The first kappa shape index (κ1) is 19.0. The first-order valence-corrected chi connectivity index (χ1v) is 9.09. The molecule has 0 saturated carbocycles. The summed E-state index contributed by atoms with van der Waals surface area (Å²) in [6.45, 7) is 0.324. The molecule has 1 aromatic carbocycles. The second-order valence-electron chi connectivity index (χ2n) is 6.70. The minimum absolute atomic E-state index is 0.0364. The van der Waals surface area contributed by atoms with Crippen LogP contribution in [-0.4, -0.2) is 45.5 Å². The predicted molar refractivity (Wildman–Crippen MR) is 103 cm³/mol. The summed E-state index contributed by atoms with van der Waals surface area (Å²) < 4.78 is 21.4. The SMILES string of the molecule is CN1C(=O)[C@@H](NC(O)c2nn(Cc3ccccc3)cc2F)COc2cccnc21. The van der Waals surface area contributed by atoms with Gasteiger partial charge in [0, 0.05) is 13.2 Å². The van der Waals surface area contributed by atoms with Crippen molar-refractivity contribution in [3.8, 4) is 5.75 Å². The number of amides is 1. The van der Waals surface area contributed by atoms with Gasteiger partial charge in [0.2, 0.25) is 5.91 Å². The van der Waals surface area contributed by atoms with Crippen molar-refractivity contribution in [2.45, 2.75) is 18.8 Å². The fourth-order valence-corrected chi connectivity index (χ4v) is 3.17. The Bertz CT molecular complexity index is 1010. The van der Waals surface area contributed by atoms with E-state index in [1.807, 2.05) is 30.3 Å². The number of carbonyl (C=O) groups excluding carboxylic acids is 1. The molecule has 0 aliphatic carbocycles. The van der Waals surface area contributed by atoms with E-state index >= 15 is 0 Å². The fraction of sp³-hybridized carbons (Fsp3) is 0.250. The molecule has 0 radical (unpaired) electrons. The van der Waals surface area contributed by atoms with Gasteiger partial charge in [0.1, 0.15) is 18.3 Å². The largest absolute Gasteiger partial charge is 0.488 e. The highest BCUT2D eigenvalue weighted by Crippen LogP contribution is 2.28. The van der Waals surface area contributed by atoms with Crippen molar-refractivity contribution >= 4 is 11.7 Å². The van der Waals surface area contributed by atoms with Crippen molar-refractivity contribution in [3.05, 3.63) is 71.9 Å². The van der Waals surface area contributed by atoms with Crippen LogP contribution in [0.5, 0.6) is 5.75 Å². The lowest BCUT2D eigenvalue weighted by atomic mass is 10.2. The van der Waals surface area contributed by atoms with Crippen LogP contribution in [0.2, 0.25) is 0 Å². The van der Waals surface area contributed by atoms with Crippen LogP contribution >= 0.6 is 0 Å². The van der Waals surface area contributed by atoms with Gasteiger partial charge in [-0.3, -0.25) is 19.7 Å². The molecule has 0 fully saturated rings. The maximum atomic E-state index is 14.4. The molecule has 0 spiro atoms. The van der Waals surface area contributed by atoms with Gasteiger partial charge in [0.15, 0.2) is 23.6 Å². The molecule has 2 N–H and O–H groups in total. The lowest BCUT2D eigenvalue weighted by Crippen LogP contribution is -2.48. The summed E-state index contributed by atoms with van der Waals surface area (Å²) in [6.07, 6.45) is 1.29. The van der Waals surface area contributed by atoms with Gasteiger partial charge in [-0.15, -0.1) is 0 Å². The Balaban J connectivity index is 1.48. The number of nitrogens with one attached hydrogen (secondary N) is 1. The van der Waals surface area contributed by atoms with Crippen molar-refractivity contribution in [2.24, 2.45) is 0 Å². The van der Waals surface area contributed by atoms with E-state index in [0.717, 1.165) is 5.56 Å². The molecule has 1 unspecified atom stereocenters. The number of nitrogens with zero attached hydrogens (tertiary/aromatic N) is 4. The molecule has 29 heavy (non-hydrogen) atoms. The van der Waals surface area contributed by atoms with Crippen LogP contribution in [0.4, 0.5) is 10.2 Å². The highest BCUT2D eigenvalue weighted by Gasteiger charge is 2.32. The second kappa shape index (κ2) is 7.98. The van der Waals surface area contributed by atoms with Crippen LogP contribution in [0.1, 0.15) is 17.5 Å². The zero-order valence-electron chi connectivity index (χ0n) is 15.7. The number of aromatic nitrogens is 3. The third kappa shape index (κ3) is 3.96. The van der Waals surface area contributed by atoms with E-state index in [1.165, 1.54) is 15.8 Å². The number of aliphatic hydroxyl groups is 1. The molecular weight excluding hydrogens is 377 g/mol. The molecule has 0 bridgehead atoms. The number of fused-ring (bicyclic) bond motifs is 1. The highest BCUT2D eigenvalue weighted by molar-refractivity contribution is 5.97. The van der Waals surface area contributed by atoms with Crippen LogP contribution in [0.15, 0.2) is 54.9 Å². The van der Waals surface area contributed by atoms with Gasteiger partial charge < -0.3 is 9.84 Å². The van der Waals surface area contributed by atoms with Crippen molar-refractivity contribution in [1.29, 1.82) is 0 Å². The Morgan fingerprint density at radius 3 is 2.90 bits per heavy atom. The minimum atomic E-state index is -1.48. The molecule has 150 valence electrons. The zero-order chi connectivity index (χ0) is 20.4. The number of anilines is 1. The topological polar surface area (TPSA) is 92.5 Å². The maximum absolute atomic E-state index is 14.4. The Kier molecular flexibility index (Phi) is 5.24. The summed E-state index contributed by atoms with van der Waals surface area (Å²) >= 11 is 0. The zero-order valence-corrected chi connectivity index (χ0v) is 15.7. The molecule has 2 atom stereocenters. The van der Waals surface area contributed by atoms with Gasteiger partial charge in [-0.05, 0) is 17.7 Å². The quantitative estimate of drug-likeness (QED) is 0.634. The summed E-state index contributed by atoms with van der Waals surface area (Å²) in [5, 5.41) is 17.3. The van der Waals surface area contributed by atoms with Crippen LogP contribution < -0.4 is 15.0 Å². The summed E-state index contributed by atoms with van der Waals surface area (Å²) in [7, 11) is 1.57. The number of halogens is 1. The maximum Gasteiger partial charge on any atom is 0.248 e. The molecule has 0 saturated heterocycles. The monoisotopic (exact) mass is 397 g/mol. The number of carbonyl (C=O) groups is 1. The number of ether oxygens (including phenoxy) is 1. The molecule has 1 aliphatic rings. The summed E-state index contributed by atoms with van der Waals surface area (Å²) in [5.41, 5.74) is 0.763. The van der Waals surface area contributed by atoms with Crippen LogP contribution in [0, 0.1) is 5.82 Å². The van der Waals surface area contributed by atoms with Gasteiger partial charge in [0.25, 0.3) is 0 Å². The van der Waals surface area contributed by atoms with Gasteiger partial charge in [0.05, 0.1) is 12.7 Å². The fourth-order valence-electron chi connectivity index (χ4n) is 3.17. The van der Waals surface area contributed by atoms with Gasteiger partial charge in [-0.25, -0.2) is 9.37 Å². The molecule has 1 aliphatic heterocycles.